The molecule has 6 aliphatic rings. The average Bonchev–Trinajstić information content (AvgIpc) is 2.97. The second-order valence-electron chi connectivity index (χ2n) is 10.4. The van der Waals surface area contributed by atoms with Gasteiger partial charge in [0.25, 0.3) is 0 Å². The van der Waals surface area contributed by atoms with Crippen LogP contribution in [0.2, 0.25) is 0 Å². The standard InChI is InChI=1S/C24H32N2O/c1-16(27)26-15-24(21-4-2-3-5-22(21)26)6-8-25(9-7-24)23-19-11-17-10-18(13-19)14-20(23)12-17/h2-5,17-20,23H,6-15H2,1H3. The highest BCUT2D eigenvalue weighted by Gasteiger charge is 2.52. The van der Waals surface area contributed by atoms with Crippen molar-refractivity contribution in [1.82, 2.24) is 4.90 Å². The molecular weight excluding hydrogens is 332 g/mol. The molecule has 7 rings (SSSR count). The summed E-state index contributed by atoms with van der Waals surface area (Å²) in [6.07, 6.45) is 10.0. The fraction of sp³-hybridized carbons (Fsp3) is 0.708. The number of piperidine rings is 1. The zero-order chi connectivity index (χ0) is 18.2. The molecule has 27 heavy (non-hydrogen) atoms. The summed E-state index contributed by atoms with van der Waals surface area (Å²) in [6.45, 7) is 5.08. The molecule has 3 heteroatoms. The number of rotatable bonds is 1. The van der Waals surface area contributed by atoms with Gasteiger partial charge < -0.3 is 4.90 Å². The molecule has 4 bridgehead atoms. The monoisotopic (exact) mass is 364 g/mol. The molecule has 2 heterocycles. The van der Waals surface area contributed by atoms with Gasteiger partial charge >= 0.3 is 0 Å². The molecule has 1 aromatic rings. The molecular formula is C24H32N2O. The first-order valence-corrected chi connectivity index (χ1v) is 11.2. The molecule has 1 amide bonds. The zero-order valence-electron chi connectivity index (χ0n) is 16.6. The minimum absolute atomic E-state index is 0.197. The Morgan fingerprint density at radius 1 is 0.963 bits per heavy atom. The maximum atomic E-state index is 12.2. The molecule has 0 aromatic heterocycles. The van der Waals surface area contributed by atoms with Crippen LogP contribution in [0.5, 0.6) is 0 Å². The number of carbonyl (C=O) groups excluding carboxylic acids is 1. The van der Waals surface area contributed by atoms with Gasteiger partial charge in [0, 0.05) is 30.6 Å². The van der Waals surface area contributed by atoms with Gasteiger partial charge in [-0.25, -0.2) is 0 Å². The van der Waals surface area contributed by atoms with Gasteiger partial charge in [0.2, 0.25) is 5.91 Å². The number of nitrogens with zero attached hydrogens (tertiary/aromatic N) is 2. The Kier molecular flexibility index (Phi) is 3.58. The van der Waals surface area contributed by atoms with E-state index in [1.807, 2.05) is 4.90 Å². The summed E-state index contributed by atoms with van der Waals surface area (Å²) in [5, 5.41) is 0. The molecule has 5 fully saturated rings. The molecule has 4 saturated carbocycles. The molecule has 0 atom stereocenters. The van der Waals surface area contributed by atoms with Crippen LogP contribution in [0.25, 0.3) is 0 Å². The smallest absolute Gasteiger partial charge is 0.223 e. The summed E-state index contributed by atoms with van der Waals surface area (Å²) in [6, 6.07) is 9.55. The topological polar surface area (TPSA) is 23.6 Å². The number of fused-ring (bicyclic) bond motifs is 2. The van der Waals surface area contributed by atoms with Gasteiger partial charge in [-0.2, -0.15) is 0 Å². The molecule has 1 aromatic carbocycles. The second-order valence-corrected chi connectivity index (χ2v) is 10.4. The van der Waals surface area contributed by atoms with Gasteiger partial charge in [-0.3, -0.25) is 9.69 Å². The van der Waals surface area contributed by atoms with E-state index >= 15 is 0 Å². The van der Waals surface area contributed by atoms with Crippen molar-refractivity contribution in [2.45, 2.75) is 63.3 Å². The predicted octanol–water partition coefficient (Wildman–Crippen LogP) is 4.21. The number of para-hydroxylation sites is 1. The quantitative estimate of drug-likeness (QED) is 0.745. The third kappa shape index (κ3) is 2.40. The molecule has 144 valence electrons. The van der Waals surface area contributed by atoms with Crippen LogP contribution in [0.4, 0.5) is 5.69 Å². The van der Waals surface area contributed by atoms with Crippen molar-refractivity contribution in [3.63, 3.8) is 0 Å². The number of benzene rings is 1. The molecule has 1 spiro atoms. The normalized spacial score (nSPS) is 39.1. The van der Waals surface area contributed by atoms with E-state index in [4.69, 9.17) is 0 Å². The highest BCUT2D eigenvalue weighted by atomic mass is 16.2. The fourth-order valence-corrected chi connectivity index (χ4v) is 8.08. The van der Waals surface area contributed by atoms with Gasteiger partial charge in [0.15, 0.2) is 0 Å². The van der Waals surface area contributed by atoms with Crippen molar-refractivity contribution in [3.05, 3.63) is 29.8 Å². The Morgan fingerprint density at radius 3 is 2.22 bits per heavy atom. The highest BCUT2D eigenvalue weighted by Crippen LogP contribution is 2.56. The lowest BCUT2D eigenvalue weighted by molar-refractivity contribution is -0.116. The molecule has 3 nitrogen and oxygen atoms in total. The maximum Gasteiger partial charge on any atom is 0.223 e. The fourth-order valence-electron chi connectivity index (χ4n) is 8.08. The Labute approximate surface area is 163 Å². The van der Waals surface area contributed by atoms with Crippen molar-refractivity contribution >= 4 is 11.6 Å². The minimum Gasteiger partial charge on any atom is -0.311 e. The van der Waals surface area contributed by atoms with E-state index in [1.165, 1.54) is 62.9 Å². The average molecular weight is 365 g/mol. The summed E-state index contributed by atoms with van der Waals surface area (Å²) in [7, 11) is 0. The minimum atomic E-state index is 0.197. The van der Waals surface area contributed by atoms with E-state index in [9.17, 15) is 4.79 Å². The lowest BCUT2D eigenvalue weighted by Crippen LogP contribution is -2.59. The van der Waals surface area contributed by atoms with Crippen LogP contribution in [0.3, 0.4) is 0 Å². The van der Waals surface area contributed by atoms with Crippen molar-refractivity contribution in [2.24, 2.45) is 23.7 Å². The first-order valence-electron chi connectivity index (χ1n) is 11.2. The van der Waals surface area contributed by atoms with E-state index in [0.717, 1.165) is 36.3 Å². The Morgan fingerprint density at radius 2 is 1.59 bits per heavy atom. The van der Waals surface area contributed by atoms with E-state index in [0.29, 0.717) is 0 Å². The molecule has 1 saturated heterocycles. The zero-order valence-corrected chi connectivity index (χ0v) is 16.6. The van der Waals surface area contributed by atoms with Crippen LogP contribution in [0, 0.1) is 23.7 Å². The van der Waals surface area contributed by atoms with E-state index in [2.05, 4.69) is 29.2 Å². The predicted molar refractivity (Wildman–Crippen MR) is 108 cm³/mol. The van der Waals surface area contributed by atoms with Crippen LogP contribution in [0.15, 0.2) is 24.3 Å². The molecule has 0 unspecified atom stereocenters. The van der Waals surface area contributed by atoms with Crippen molar-refractivity contribution in [1.29, 1.82) is 0 Å². The van der Waals surface area contributed by atoms with Crippen LogP contribution in [-0.4, -0.2) is 36.5 Å². The van der Waals surface area contributed by atoms with E-state index in [1.54, 1.807) is 13.3 Å². The number of carbonyl (C=O) groups is 1. The lowest BCUT2D eigenvalue weighted by atomic mass is 9.53. The van der Waals surface area contributed by atoms with Gasteiger partial charge in [-0.15, -0.1) is 0 Å². The summed E-state index contributed by atoms with van der Waals surface area (Å²) >= 11 is 0. The van der Waals surface area contributed by atoms with Crippen molar-refractivity contribution in [3.8, 4) is 0 Å². The SMILES string of the molecule is CC(=O)N1CC2(CCN(C3C4CC5CC(C4)CC3C5)CC2)c2ccccc21. The highest BCUT2D eigenvalue weighted by molar-refractivity contribution is 5.94. The van der Waals surface area contributed by atoms with Crippen LogP contribution in [-0.2, 0) is 10.2 Å². The summed E-state index contributed by atoms with van der Waals surface area (Å²) in [5.74, 6) is 4.29. The Bertz CT molecular complexity index is 735. The Hall–Kier alpha value is -1.35. The van der Waals surface area contributed by atoms with E-state index < -0.39 is 0 Å². The first kappa shape index (κ1) is 16.6. The van der Waals surface area contributed by atoms with E-state index in [-0.39, 0.29) is 11.3 Å². The number of hydrogen-bond acceptors (Lipinski definition) is 2. The summed E-state index contributed by atoms with van der Waals surface area (Å²) in [4.78, 5) is 17.2. The largest absolute Gasteiger partial charge is 0.311 e. The molecule has 4 aliphatic carbocycles. The number of amides is 1. The van der Waals surface area contributed by atoms with Crippen LogP contribution in [0.1, 0.15) is 57.4 Å². The lowest BCUT2D eigenvalue weighted by Gasteiger charge is -2.58. The van der Waals surface area contributed by atoms with Crippen LogP contribution < -0.4 is 4.90 Å². The molecule has 0 N–H and O–H groups in total. The Balaban J connectivity index is 1.23. The van der Waals surface area contributed by atoms with Crippen molar-refractivity contribution in [2.75, 3.05) is 24.5 Å². The van der Waals surface area contributed by atoms with Gasteiger partial charge in [-0.1, -0.05) is 18.2 Å². The number of anilines is 1. The van der Waals surface area contributed by atoms with Gasteiger partial charge in [0.05, 0.1) is 0 Å². The third-order valence-corrected chi connectivity index (χ3v) is 8.96. The molecule has 0 radical (unpaired) electrons. The van der Waals surface area contributed by atoms with Crippen molar-refractivity contribution < 1.29 is 4.79 Å². The number of hydrogen-bond donors (Lipinski definition) is 0. The summed E-state index contributed by atoms with van der Waals surface area (Å²) < 4.78 is 0. The second kappa shape index (κ2) is 5.83. The van der Waals surface area contributed by atoms with Crippen LogP contribution >= 0.6 is 0 Å². The summed E-state index contributed by atoms with van der Waals surface area (Å²) in [5.41, 5.74) is 2.81. The van der Waals surface area contributed by atoms with Gasteiger partial charge in [0.1, 0.15) is 0 Å². The maximum absolute atomic E-state index is 12.2. The molecule has 2 aliphatic heterocycles. The first-order chi connectivity index (χ1) is 13.1. The number of likely N-dealkylation sites (tertiary alicyclic amines) is 1. The van der Waals surface area contributed by atoms with Gasteiger partial charge in [-0.05, 0) is 93.3 Å². The third-order valence-electron chi connectivity index (χ3n) is 8.96.